The van der Waals surface area contributed by atoms with Crippen LogP contribution in [0, 0.1) is 6.92 Å². The van der Waals surface area contributed by atoms with Gasteiger partial charge in [-0.3, -0.25) is 0 Å². The van der Waals surface area contributed by atoms with Gasteiger partial charge in [0.25, 0.3) is 0 Å². The molecule has 0 atom stereocenters. The number of alkyl halides is 3. The van der Waals surface area contributed by atoms with E-state index in [1.54, 1.807) is 51.6 Å². The first-order chi connectivity index (χ1) is 14.7. The number of carbonyl (C=O) groups excluding carboxylic acids is 1. The highest BCUT2D eigenvalue weighted by atomic mass is 35.5. The SMILES string of the molecule is Cc1cc(OC(F)(F)F)cc2c1c(Cc1c(Cl)ccc(C(=O)OC(C)(C)C)c1Cl)cn2C. The van der Waals surface area contributed by atoms with Gasteiger partial charge in [-0.15, -0.1) is 13.2 Å². The van der Waals surface area contributed by atoms with Gasteiger partial charge in [-0.2, -0.15) is 0 Å². The lowest BCUT2D eigenvalue weighted by Gasteiger charge is -2.20. The molecule has 9 heteroatoms. The van der Waals surface area contributed by atoms with E-state index < -0.39 is 17.9 Å². The molecule has 3 rings (SSSR count). The van der Waals surface area contributed by atoms with E-state index in [9.17, 15) is 18.0 Å². The van der Waals surface area contributed by atoms with Crippen LogP contribution in [0.3, 0.4) is 0 Å². The van der Waals surface area contributed by atoms with E-state index in [1.807, 2.05) is 0 Å². The smallest absolute Gasteiger partial charge is 0.456 e. The van der Waals surface area contributed by atoms with Gasteiger partial charge >= 0.3 is 12.3 Å². The summed E-state index contributed by atoms with van der Waals surface area (Å²) in [6, 6.07) is 5.76. The van der Waals surface area contributed by atoms with Crippen LogP contribution in [0.5, 0.6) is 5.75 Å². The van der Waals surface area contributed by atoms with E-state index in [0.29, 0.717) is 21.7 Å². The van der Waals surface area contributed by atoms with E-state index in [4.69, 9.17) is 27.9 Å². The van der Waals surface area contributed by atoms with Crippen LogP contribution in [-0.2, 0) is 18.2 Å². The molecule has 0 saturated carbocycles. The average Bonchev–Trinajstić information content (AvgIpc) is 2.91. The fourth-order valence-electron chi connectivity index (χ4n) is 3.57. The average molecular weight is 488 g/mol. The molecule has 0 amide bonds. The molecule has 0 aliphatic rings. The fourth-order valence-corrected chi connectivity index (χ4v) is 4.15. The van der Waals surface area contributed by atoms with Gasteiger partial charge in [0, 0.05) is 36.1 Å². The standard InChI is InChI=1S/C23H22Cl2F3NO3/c1-12-8-14(31-23(26,27)28)10-18-19(12)13(11-29(18)5)9-16-17(24)7-6-15(20(16)25)21(30)32-22(2,3)4/h6-8,10-11H,9H2,1-5H3. The van der Waals surface area contributed by atoms with Crippen molar-refractivity contribution in [2.45, 2.75) is 46.1 Å². The number of ether oxygens (including phenoxy) is 2. The number of hydrogen-bond donors (Lipinski definition) is 0. The Bertz CT molecular complexity index is 1190. The minimum absolute atomic E-state index is 0.179. The Morgan fingerprint density at radius 1 is 1.12 bits per heavy atom. The van der Waals surface area contributed by atoms with Crippen LogP contribution >= 0.6 is 23.2 Å². The topological polar surface area (TPSA) is 40.5 Å². The largest absolute Gasteiger partial charge is 0.573 e. The zero-order chi connectivity index (χ0) is 24.0. The molecule has 4 nitrogen and oxygen atoms in total. The fraction of sp³-hybridized carbons (Fsp3) is 0.348. The number of esters is 1. The van der Waals surface area contributed by atoms with Crippen molar-refractivity contribution in [1.82, 2.24) is 4.57 Å². The summed E-state index contributed by atoms with van der Waals surface area (Å²) in [6.45, 7) is 6.97. The number of carbonyl (C=O) groups is 1. The van der Waals surface area contributed by atoms with Gasteiger partial charge < -0.3 is 14.0 Å². The number of fused-ring (bicyclic) bond motifs is 1. The van der Waals surface area contributed by atoms with Gasteiger partial charge in [-0.1, -0.05) is 23.2 Å². The Kier molecular flexibility index (Phi) is 6.46. The molecule has 0 spiro atoms. The van der Waals surface area contributed by atoms with Gasteiger partial charge in [-0.05, 0) is 62.6 Å². The van der Waals surface area contributed by atoms with Crippen molar-refractivity contribution < 1.29 is 27.4 Å². The molecular weight excluding hydrogens is 466 g/mol. The van der Waals surface area contributed by atoms with Crippen molar-refractivity contribution in [3.63, 3.8) is 0 Å². The van der Waals surface area contributed by atoms with Gasteiger partial charge in [0.05, 0.1) is 16.1 Å². The van der Waals surface area contributed by atoms with Crippen LogP contribution in [-0.4, -0.2) is 22.5 Å². The van der Waals surface area contributed by atoms with Crippen molar-refractivity contribution in [2.75, 3.05) is 0 Å². The molecule has 0 saturated heterocycles. The molecule has 0 aliphatic carbocycles. The molecular formula is C23H22Cl2F3NO3. The Balaban J connectivity index is 2.05. The third kappa shape index (κ3) is 5.33. The summed E-state index contributed by atoms with van der Waals surface area (Å²) >= 11 is 12.9. The quantitative estimate of drug-likeness (QED) is 0.364. The van der Waals surface area contributed by atoms with Gasteiger partial charge in [0.2, 0.25) is 0 Å². The van der Waals surface area contributed by atoms with Gasteiger partial charge in [-0.25, -0.2) is 4.79 Å². The number of nitrogens with zero attached hydrogens (tertiary/aromatic N) is 1. The third-order valence-electron chi connectivity index (χ3n) is 4.74. The van der Waals surface area contributed by atoms with Gasteiger partial charge in [0.15, 0.2) is 0 Å². The van der Waals surface area contributed by atoms with Gasteiger partial charge in [0.1, 0.15) is 11.4 Å². The normalized spacial score (nSPS) is 12.3. The number of benzene rings is 2. The molecule has 0 fully saturated rings. The third-order valence-corrected chi connectivity index (χ3v) is 5.53. The maximum absolute atomic E-state index is 12.7. The minimum atomic E-state index is -4.78. The van der Waals surface area contributed by atoms with Crippen molar-refractivity contribution in [1.29, 1.82) is 0 Å². The number of aryl methyl sites for hydroxylation is 2. The maximum Gasteiger partial charge on any atom is 0.573 e. The molecule has 1 aromatic heterocycles. The molecule has 3 aromatic rings. The lowest BCUT2D eigenvalue weighted by molar-refractivity contribution is -0.274. The molecule has 0 N–H and O–H groups in total. The Hall–Kier alpha value is -2.38. The molecule has 0 aliphatic heterocycles. The first kappa shape index (κ1) is 24.3. The van der Waals surface area contributed by atoms with E-state index in [0.717, 1.165) is 10.9 Å². The number of rotatable bonds is 4. The summed E-state index contributed by atoms with van der Waals surface area (Å²) in [5.74, 6) is -0.860. The lowest BCUT2D eigenvalue weighted by Crippen LogP contribution is -2.24. The Morgan fingerprint density at radius 2 is 1.78 bits per heavy atom. The molecule has 172 valence electrons. The second kappa shape index (κ2) is 8.52. The van der Waals surface area contributed by atoms with Crippen LogP contribution in [0.1, 0.15) is 47.8 Å². The summed E-state index contributed by atoms with van der Waals surface area (Å²) in [7, 11) is 1.73. The molecule has 1 heterocycles. The van der Waals surface area contributed by atoms with Crippen molar-refractivity contribution in [3.8, 4) is 5.75 Å². The van der Waals surface area contributed by atoms with Crippen LogP contribution in [0.4, 0.5) is 13.2 Å². The van der Waals surface area contributed by atoms with E-state index >= 15 is 0 Å². The summed E-state index contributed by atoms with van der Waals surface area (Å²) in [5, 5.41) is 1.31. The molecule has 0 radical (unpaired) electrons. The highest BCUT2D eigenvalue weighted by Gasteiger charge is 2.31. The highest BCUT2D eigenvalue weighted by Crippen LogP contribution is 2.36. The van der Waals surface area contributed by atoms with Crippen molar-refractivity contribution >= 4 is 40.1 Å². The molecule has 32 heavy (non-hydrogen) atoms. The first-order valence-corrected chi connectivity index (χ1v) is 10.5. The van der Waals surface area contributed by atoms with Crippen LogP contribution in [0.25, 0.3) is 10.9 Å². The number of halogens is 5. The lowest BCUT2D eigenvalue weighted by atomic mass is 9.99. The van der Waals surface area contributed by atoms with Crippen LogP contribution < -0.4 is 4.74 Å². The second-order valence-corrected chi connectivity index (χ2v) is 9.30. The van der Waals surface area contributed by atoms with E-state index in [-0.39, 0.29) is 22.8 Å². The minimum Gasteiger partial charge on any atom is -0.456 e. The predicted octanol–water partition coefficient (Wildman–Crippen LogP) is 7.24. The monoisotopic (exact) mass is 487 g/mol. The maximum atomic E-state index is 12.7. The zero-order valence-electron chi connectivity index (χ0n) is 18.2. The van der Waals surface area contributed by atoms with Crippen molar-refractivity contribution in [3.05, 3.63) is 62.8 Å². The summed E-state index contributed by atoms with van der Waals surface area (Å²) in [6.07, 6.45) is -2.72. The molecule has 0 unspecified atom stereocenters. The first-order valence-electron chi connectivity index (χ1n) is 9.71. The predicted molar refractivity (Wildman–Crippen MR) is 119 cm³/mol. The summed E-state index contributed by atoms with van der Waals surface area (Å²) in [4.78, 5) is 12.6. The van der Waals surface area contributed by atoms with Crippen LogP contribution in [0.2, 0.25) is 10.0 Å². The van der Waals surface area contributed by atoms with E-state index in [1.165, 1.54) is 18.2 Å². The number of hydrogen-bond acceptors (Lipinski definition) is 3. The van der Waals surface area contributed by atoms with E-state index in [2.05, 4.69) is 4.74 Å². The Morgan fingerprint density at radius 3 is 2.38 bits per heavy atom. The van der Waals surface area contributed by atoms with Crippen LogP contribution in [0.15, 0.2) is 30.5 Å². The molecule has 0 bridgehead atoms. The zero-order valence-corrected chi connectivity index (χ0v) is 19.7. The van der Waals surface area contributed by atoms with Crippen molar-refractivity contribution in [2.24, 2.45) is 7.05 Å². The highest BCUT2D eigenvalue weighted by molar-refractivity contribution is 6.38. The summed E-state index contributed by atoms with van der Waals surface area (Å²) in [5.41, 5.74) is 1.99. The molecule has 2 aromatic carbocycles. The number of aromatic nitrogens is 1. The Labute approximate surface area is 193 Å². The second-order valence-electron chi connectivity index (χ2n) is 8.51. The summed E-state index contributed by atoms with van der Waals surface area (Å²) < 4.78 is 49.2.